The Kier molecular flexibility index (Phi) is 5.03. The van der Waals surface area contributed by atoms with Crippen LogP contribution in [0.4, 0.5) is 11.4 Å². The van der Waals surface area contributed by atoms with E-state index in [2.05, 4.69) is 12.2 Å². The Labute approximate surface area is 147 Å². The van der Waals surface area contributed by atoms with Gasteiger partial charge < -0.3 is 16.0 Å². The molecule has 1 heterocycles. The molecule has 25 heavy (non-hydrogen) atoms. The predicted octanol–water partition coefficient (Wildman–Crippen LogP) is 3.39. The number of rotatable bonds is 3. The van der Waals surface area contributed by atoms with Gasteiger partial charge in [-0.2, -0.15) is 0 Å². The highest BCUT2D eigenvalue weighted by Gasteiger charge is 2.23. The lowest BCUT2D eigenvalue weighted by atomic mass is 9.98. The number of nitrogens with two attached hydrogens (primary N) is 1. The van der Waals surface area contributed by atoms with E-state index in [0.717, 1.165) is 25.9 Å². The topological polar surface area (TPSA) is 75.4 Å². The van der Waals surface area contributed by atoms with Crippen molar-refractivity contribution < 1.29 is 9.59 Å². The quantitative estimate of drug-likeness (QED) is 0.843. The minimum atomic E-state index is -0.257. The molecule has 0 atom stereocenters. The first-order valence-corrected chi connectivity index (χ1v) is 8.60. The van der Waals surface area contributed by atoms with E-state index in [9.17, 15) is 9.59 Å². The van der Waals surface area contributed by atoms with Crippen LogP contribution in [0.5, 0.6) is 0 Å². The zero-order chi connectivity index (χ0) is 17.8. The summed E-state index contributed by atoms with van der Waals surface area (Å²) in [5.41, 5.74) is 7.82. The average Bonchev–Trinajstić information content (AvgIpc) is 2.63. The van der Waals surface area contributed by atoms with Gasteiger partial charge in [0.15, 0.2) is 0 Å². The number of nitrogen functional groups attached to an aromatic ring is 1. The summed E-state index contributed by atoms with van der Waals surface area (Å²) in [5, 5.41) is 2.85. The van der Waals surface area contributed by atoms with Crippen molar-refractivity contribution >= 4 is 23.2 Å². The lowest BCUT2D eigenvalue weighted by molar-refractivity contribution is 0.0698. The Morgan fingerprint density at radius 1 is 1.04 bits per heavy atom. The summed E-state index contributed by atoms with van der Waals surface area (Å²) >= 11 is 0. The lowest BCUT2D eigenvalue weighted by Gasteiger charge is -2.30. The summed E-state index contributed by atoms with van der Waals surface area (Å²) in [6.07, 6.45) is 2.04. The van der Waals surface area contributed by atoms with Crippen molar-refractivity contribution in [1.82, 2.24) is 4.90 Å². The monoisotopic (exact) mass is 337 g/mol. The van der Waals surface area contributed by atoms with Gasteiger partial charge in [0.05, 0.1) is 11.3 Å². The van der Waals surface area contributed by atoms with Crippen molar-refractivity contribution in [1.29, 1.82) is 0 Å². The van der Waals surface area contributed by atoms with Crippen LogP contribution in [-0.2, 0) is 0 Å². The van der Waals surface area contributed by atoms with E-state index >= 15 is 0 Å². The number of carbonyl (C=O) groups excluding carboxylic acids is 2. The summed E-state index contributed by atoms with van der Waals surface area (Å²) in [7, 11) is 0. The molecule has 0 saturated carbocycles. The fraction of sp³-hybridized carbons (Fsp3) is 0.300. The third-order valence-electron chi connectivity index (χ3n) is 4.65. The minimum absolute atomic E-state index is 0.0277. The number of anilines is 2. The van der Waals surface area contributed by atoms with Crippen molar-refractivity contribution in [3.63, 3.8) is 0 Å². The van der Waals surface area contributed by atoms with Crippen LogP contribution in [0.1, 0.15) is 40.5 Å². The Morgan fingerprint density at radius 3 is 2.36 bits per heavy atom. The normalized spacial score (nSPS) is 15.0. The molecule has 2 aromatic rings. The summed E-state index contributed by atoms with van der Waals surface area (Å²) in [6, 6.07) is 13.9. The van der Waals surface area contributed by atoms with Crippen LogP contribution in [0.15, 0.2) is 48.5 Å². The Morgan fingerprint density at radius 2 is 1.68 bits per heavy atom. The van der Waals surface area contributed by atoms with Crippen molar-refractivity contribution in [2.75, 3.05) is 24.1 Å². The number of nitrogens with one attached hydrogen (secondary N) is 1. The van der Waals surface area contributed by atoms with E-state index in [4.69, 9.17) is 5.73 Å². The van der Waals surface area contributed by atoms with Crippen LogP contribution in [0, 0.1) is 5.92 Å². The second kappa shape index (κ2) is 7.38. The maximum Gasteiger partial charge on any atom is 0.255 e. The summed E-state index contributed by atoms with van der Waals surface area (Å²) in [5.74, 6) is 0.372. The molecule has 0 spiro atoms. The van der Waals surface area contributed by atoms with Crippen LogP contribution in [0.25, 0.3) is 0 Å². The second-order valence-corrected chi connectivity index (χ2v) is 6.60. The standard InChI is InChI=1S/C20H23N3O2/c1-14-10-12-23(13-11-14)20(25)17-4-2-3-5-18(17)22-19(24)15-6-8-16(21)9-7-15/h2-9,14H,10-13,21H2,1H3,(H,22,24). The molecule has 0 aliphatic carbocycles. The first-order valence-electron chi connectivity index (χ1n) is 8.60. The van der Waals surface area contributed by atoms with Gasteiger partial charge in [-0.3, -0.25) is 9.59 Å². The zero-order valence-corrected chi connectivity index (χ0v) is 14.4. The number of piperidine rings is 1. The number of hydrogen-bond donors (Lipinski definition) is 2. The van der Waals surface area contributed by atoms with Gasteiger partial charge >= 0.3 is 0 Å². The highest BCUT2D eigenvalue weighted by molar-refractivity contribution is 6.09. The largest absolute Gasteiger partial charge is 0.399 e. The molecule has 1 aliphatic rings. The third kappa shape index (κ3) is 3.99. The van der Waals surface area contributed by atoms with E-state index in [1.54, 1.807) is 36.4 Å². The molecule has 3 rings (SSSR count). The van der Waals surface area contributed by atoms with Crippen molar-refractivity contribution in [3.05, 3.63) is 59.7 Å². The van der Waals surface area contributed by atoms with Crippen LogP contribution in [-0.4, -0.2) is 29.8 Å². The molecule has 130 valence electrons. The molecule has 2 aromatic carbocycles. The Bertz CT molecular complexity index is 763. The van der Waals surface area contributed by atoms with Gasteiger partial charge in [-0.25, -0.2) is 0 Å². The number of hydrogen-bond acceptors (Lipinski definition) is 3. The molecule has 0 radical (unpaired) electrons. The lowest BCUT2D eigenvalue weighted by Crippen LogP contribution is -2.38. The van der Waals surface area contributed by atoms with Gasteiger partial charge in [0, 0.05) is 24.3 Å². The molecule has 0 bridgehead atoms. The summed E-state index contributed by atoms with van der Waals surface area (Å²) in [6.45, 7) is 3.74. The second-order valence-electron chi connectivity index (χ2n) is 6.60. The van der Waals surface area contributed by atoms with E-state index in [1.165, 1.54) is 0 Å². The van der Waals surface area contributed by atoms with Gasteiger partial charge in [0.25, 0.3) is 11.8 Å². The van der Waals surface area contributed by atoms with Gasteiger partial charge in [0.1, 0.15) is 0 Å². The van der Waals surface area contributed by atoms with E-state index in [-0.39, 0.29) is 11.8 Å². The molecule has 5 nitrogen and oxygen atoms in total. The fourth-order valence-corrected chi connectivity index (χ4v) is 2.99. The highest BCUT2D eigenvalue weighted by Crippen LogP contribution is 2.22. The van der Waals surface area contributed by atoms with Crippen molar-refractivity contribution in [2.24, 2.45) is 5.92 Å². The first kappa shape index (κ1) is 17.0. The first-order chi connectivity index (χ1) is 12.0. The number of benzene rings is 2. The average molecular weight is 337 g/mol. The van der Waals surface area contributed by atoms with E-state index in [0.29, 0.717) is 28.4 Å². The van der Waals surface area contributed by atoms with Gasteiger partial charge in [-0.15, -0.1) is 0 Å². The van der Waals surface area contributed by atoms with E-state index in [1.807, 2.05) is 17.0 Å². The summed E-state index contributed by atoms with van der Waals surface area (Å²) < 4.78 is 0. The van der Waals surface area contributed by atoms with Crippen molar-refractivity contribution in [2.45, 2.75) is 19.8 Å². The molecule has 5 heteroatoms. The fourth-order valence-electron chi connectivity index (χ4n) is 2.99. The Hall–Kier alpha value is -2.82. The number of nitrogens with zero attached hydrogens (tertiary/aromatic N) is 1. The molecule has 2 amide bonds. The highest BCUT2D eigenvalue weighted by atomic mass is 16.2. The molecular formula is C20H23N3O2. The molecule has 1 aliphatic heterocycles. The molecule has 0 unspecified atom stereocenters. The molecule has 1 saturated heterocycles. The van der Waals surface area contributed by atoms with Crippen LogP contribution in [0.3, 0.4) is 0 Å². The number of amides is 2. The molecule has 0 aromatic heterocycles. The smallest absolute Gasteiger partial charge is 0.255 e. The summed E-state index contributed by atoms with van der Waals surface area (Å²) in [4.78, 5) is 27.2. The van der Waals surface area contributed by atoms with Crippen molar-refractivity contribution in [3.8, 4) is 0 Å². The maximum absolute atomic E-state index is 12.8. The number of carbonyl (C=O) groups is 2. The van der Waals surface area contributed by atoms with Gasteiger partial charge in [-0.1, -0.05) is 19.1 Å². The van der Waals surface area contributed by atoms with Crippen LogP contribution >= 0.6 is 0 Å². The zero-order valence-electron chi connectivity index (χ0n) is 14.4. The number of likely N-dealkylation sites (tertiary alicyclic amines) is 1. The Balaban J connectivity index is 1.77. The molecule has 3 N–H and O–H groups in total. The van der Waals surface area contributed by atoms with Crippen LogP contribution < -0.4 is 11.1 Å². The predicted molar refractivity (Wildman–Crippen MR) is 99.6 cm³/mol. The van der Waals surface area contributed by atoms with Gasteiger partial charge in [0.2, 0.25) is 0 Å². The third-order valence-corrected chi connectivity index (χ3v) is 4.65. The number of para-hydroxylation sites is 1. The molecular weight excluding hydrogens is 314 g/mol. The van der Waals surface area contributed by atoms with Gasteiger partial charge in [-0.05, 0) is 55.2 Å². The SMILES string of the molecule is CC1CCN(C(=O)c2ccccc2NC(=O)c2ccc(N)cc2)CC1. The van der Waals surface area contributed by atoms with Crippen LogP contribution in [0.2, 0.25) is 0 Å². The van der Waals surface area contributed by atoms with E-state index < -0.39 is 0 Å². The molecule has 1 fully saturated rings. The maximum atomic E-state index is 12.8. The minimum Gasteiger partial charge on any atom is -0.399 e.